The Labute approximate surface area is 178 Å². The molecule has 3 nitrogen and oxygen atoms in total. The van der Waals surface area contributed by atoms with Crippen molar-refractivity contribution in [1.29, 1.82) is 0 Å². The molecule has 0 radical (unpaired) electrons. The minimum Gasteiger partial charge on any atom is -0.497 e. The average Bonchev–Trinajstić information content (AvgIpc) is 2.74. The highest BCUT2D eigenvalue weighted by atomic mass is 79.9. The van der Waals surface area contributed by atoms with E-state index in [9.17, 15) is 0 Å². The second-order valence-electron chi connectivity index (χ2n) is 6.74. The molecule has 0 saturated carbocycles. The summed E-state index contributed by atoms with van der Waals surface area (Å²) in [5.41, 5.74) is 4.52. The lowest BCUT2D eigenvalue weighted by atomic mass is 9.94. The lowest BCUT2D eigenvalue weighted by Gasteiger charge is -2.30. The smallest absolute Gasteiger partial charge is 0.126 e. The van der Waals surface area contributed by atoms with E-state index in [0.717, 1.165) is 38.5 Å². The second kappa shape index (κ2) is 8.48. The summed E-state index contributed by atoms with van der Waals surface area (Å²) in [6.07, 6.45) is 0.680. The quantitative estimate of drug-likeness (QED) is 0.498. The summed E-state index contributed by atoms with van der Waals surface area (Å²) in [4.78, 5) is 5.02. The van der Waals surface area contributed by atoms with Crippen molar-refractivity contribution >= 4 is 33.2 Å². The molecule has 0 saturated heterocycles. The highest BCUT2D eigenvalue weighted by molar-refractivity contribution is 9.10. The Morgan fingerprint density at radius 3 is 2.39 bits per heavy atom. The van der Waals surface area contributed by atoms with Gasteiger partial charge in [0, 0.05) is 27.7 Å². The number of methoxy groups -OCH3 is 1. The van der Waals surface area contributed by atoms with E-state index in [0.29, 0.717) is 0 Å². The van der Waals surface area contributed by atoms with Gasteiger partial charge in [0.1, 0.15) is 11.9 Å². The van der Waals surface area contributed by atoms with E-state index in [2.05, 4.69) is 45.5 Å². The van der Waals surface area contributed by atoms with Crippen molar-refractivity contribution in [2.24, 2.45) is 4.99 Å². The maximum Gasteiger partial charge on any atom is 0.126 e. The second-order valence-corrected chi connectivity index (χ2v) is 8.09. The number of benzene rings is 3. The minimum atomic E-state index is -0.132. The summed E-state index contributed by atoms with van der Waals surface area (Å²) in [6.45, 7) is 0. The van der Waals surface area contributed by atoms with Gasteiger partial charge in [-0.1, -0.05) is 63.9 Å². The number of nitrogens with one attached hydrogen (secondary N) is 1. The molecule has 4 rings (SSSR count). The fourth-order valence-corrected chi connectivity index (χ4v) is 3.94. The Balaban J connectivity index is 1.71. The first kappa shape index (κ1) is 19.2. The van der Waals surface area contributed by atoms with Gasteiger partial charge in [-0.2, -0.15) is 0 Å². The van der Waals surface area contributed by atoms with Crippen LogP contribution in [0.5, 0.6) is 5.75 Å². The summed E-state index contributed by atoms with van der Waals surface area (Å²) >= 11 is 9.65. The summed E-state index contributed by atoms with van der Waals surface area (Å²) in [7, 11) is 1.68. The lowest BCUT2D eigenvalue weighted by molar-refractivity contribution is 0.413. The van der Waals surface area contributed by atoms with Crippen molar-refractivity contribution in [2.45, 2.75) is 18.6 Å². The topological polar surface area (TPSA) is 33.6 Å². The molecule has 1 aliphatic rings. The van der Waals surface area contributed by atoms with Crippen LogP contribution in [0.25, 0.3) is 0 Å². The molecule has 1 aliphatic heterocycles. The molecule has 3 aromatic rings. The minimum absolute atomic E-state index is 0.132. The maximum absolute atomic E-state index is 6.07. The van der Waals surface area contributed by atoms with Crippen LogP contribution in [-0.4, -0.2) is 12.8 Å². The molecule has 28 heavy (non-hydrogen) atoms. The van der Waals surface area contributed by atoms with Crippen LogP contribution in [0.3, 0.4) is 0 Å². The normalized spacial score (nSPS) is 19.2. The molecular weight excluding hydrogens is 436 g/mol. The molecule has 0 bridgehead atoms. The number of ether oxygens (including phenoxy) is 1. The molecule has 142 valence electrons. The molecule has 3 aromatic carbocycles. The highest BCUT2D eigenvalue weighted by Crippen LogP contribution is 2.32. The summed E-state index contributed by atoms with van der Waals surface area (Å²) in [6, 6.07) is 24.5. The van der Waals surface area contributed by atoms with Crippen LogP contribution in [0.2, 0.25) is 5.02 Å². The Kier molecular flexibility index (Phi) is 5.81. The van der Waals surface area contributed by atoms with E-state index in [1.54, 1.807) is 7.11 Å². The predicted octanol–water partition coefficient (Wildman–Crippen LogP) is 6.33. The zero-order chi connectivity index (χ0) is 19.5. The van der Waals surface area contributed by atoms with E-state index in [4.69, 9.17) is 21.3 Å². The summed E-state index contributed by atoms with van der Waals surface area (Å²) in [5.74, 6) is 0.856. The van der Waals surface area contributed by atoms with E-state index in [-0.39, 0.29) is 12.2 Å². The van der Waals surface area contributed by atoms with Crippen LogP contribution in [0, 0.1) is 0 Å². The molecule has 0 amide bonds. The van der Waals surface area contributed by atoms with Gasteiger partial charge in [-0.05, 0) is 53.1 Å². The number of rotatable bonds is 4. The van der Waals surface area contributed by atoms with Crippen molar-refractivity contribution in [1.82, 2.24) is 5.32 Å². The number of hydrogen-bond donors (Lipinski definition) is 1. The van der Waals surface area contributed by atoms with Crippen LogP contribution < -0.4 is 10.1 Å². The van der Waals surface area contributed by atoms with Crippen molar-refractivity contribution in [3.8, 4) is 5.75 Å². The Morgan fingerprint density at radius 2 is 1.71 bits per heavy atom. The molecule has 0 unspecified atom stereocenters. The molecule has 0 aromatic heterocycles. The molecule has 0 spiro atoms. The van der Waals surface area contributed by atoms with E-state index in [1.807, 2.05) is 48.5 Å². The van der Waals surface area contributed by atoms with Crippen LogP contribution in [-0.2, 0) is 0 Å². The SMILES string of the molecule is COc1ccc([C@H]2CC(c3cccc(Br)c3)=N[C@@H](c3ccc(Cl)cc3)N2)cc1. The fraction of sp³-hybridized carbons (Fsp3) is 0.174. The fourth-order valence-electron chi connectivity index (χ4n) is 3.42. The lowest BCUT2D eigenvalue weighted by Crippen LogP contribution is -2.33. The van der Waals surface area contributed by atoms with Crippen LogP contribution >= 0.6 is 27.5 Å². The third kappa shape index (κ3) is 4.30. The van der Waals surface area contributed by atoms with Crippen LogP contribution in [0.15, 0.2) is 82.3 Å². The number of nitrogens with zero attached hydrogens (tertiary/aromatic N) is 1. The molecule has 2 atom stereocenters. The monoisotopic (exact) mass is 454 g/mol. The van der Waals surface area contributed by atoms with Crippen LogP contribution in [0.4, 0.5) is 0 Å². The van der Waals surface area contributed by atoms with E-state index >= 15 is 0 Å². The van der Waals surface area contributed by atoms with E-state index < -0.39 is 0 Å². The number of aliphatic imine (C=N–C) groups is 1. The van der Waals surface area contributed by atoms with Crippen LogP contribution in [0.1, 0.15) is 35.3 Å². The van der Waals surface area contributed by atoms with Gasteiger partial charge in [-0.25, -0.2) is 0 Å². The van der Waals surface area contributed by atoms with Crippen molar-refractivity contribution in [3.05, 3.63) is 99.0 Å². The largest absolute Gasteiger partial charge is 0.497 e. The standard InChI is InChI=1S/C23H20BrClN2O/c1-28-20-11-7-15(8-12-20)21-14-22(17-3-2-4-18(24)13-17)27-23(26-21)16-5-9-19(25)10-6-16/h2-13,21,23,26H,14H2,1H3/t21-,23+/m1/s1. The third-order valence-corrected chi connectivity index (χ3v) is 5.65. The number of hydrogen-bond acceptors (Lipinski definition) is 3. The third-order valence-electron chi connectivity index (χ3n) is 4.90. The summed E-state index contributed by atoms with van der Waals surface area (Å²) < 4.78 is 6.35. The first-order chi connectivity index (χ1) is 13.6. The first-order valence-corrected chi connectivity index (χ1v) is 10.3. The Morgan fingerprint density at radius 1 is 1.00 bits per heavy atom. The van der Waals surface area contributed by atoms with E-state index in [1.165, 1.54) is 5.56 Å². The Bertz CT molecular complexity index is 986. The Hall–Kier alpha value is -2.14. The van der Waals surface area contributed by atoms with Gasteiger partial charge >= 0.3 is 0 Å². The molecule has 1 heterocycles. The van der Waals surface area contributed by atoms with Crippen molar-refractivity contribution in [3.63, 3.8) is 0 Å². The molecule has 1 N–H and O–H groups in total. The molecule has 5 heteroatoms. The van der Waals surface area contributed by atoms with Gasteiger partial charge in [0.2, 0.25) is 0 Å². The maximum atomic E-state index is 6.07. The van der Waals surface area contributed by atoms with Gasteiger partial charge in [0.25, 0.3) is 0 Å². The van der Waals surface area contributed by atoms with Gasteiger partial charge in [0.15, 0.2) is 0 Å². The number of halogens is 2. The zero-order valence-corrected chi connectivity index (χ0v) is 17.7. The molecule has 0 aliphatic carbocycles. The first-order valence-electron chi connectivity index (χ1n) is 9.10. The van der Waals surface area contributed by atoms with Crippen molar-refractivity contribution < 1.29 is 4.74 Å². The summed E-state index contributed by atoms with van der Waals surface area (Å²) in [5, 5.41) is 4.40. The van der Waals surface area contributed by atoms with Gasteiger partial charge in [0.05, 0.1) is 7.11 Å². The predicted molar refractivity (Wildman–Crippen MR) is 118 cm³/mol. The molecule has 0 fully saturated rings. The van der Waals surface area contributed by atoms with Crippen molar-refractivity contribution in [2.75, 3.05) is 7.11 Å². The van der Waals surface area contributed by atoms with Gasteiger partial charge in [-0.15, -0.1) is 0 Å². The van der Waals surface area contributed by atoms with Gasteiger partial charge < -0.3 is 4.74 Å². The highest BCUT2D eigenvalue weighted by Gasteiger charge is 2.26. The molecular formula is C23H20BrClN2O. The zero-order valence-electron chi connectivity index (χ0n) is 15.4. The average molecular weight is 456 g/mol. The van der Waals surface area contributed by atoms with Gasteiger partial charge in [-0.3, -0.25) is 10.3 Å².